The zero-order chi connectivity index (χ0) is 17.6. The third kappa shape index (κ3) is 2.67. The molecule has 2 aromatic rings. The topological polar surface area (TPSA) is 66.9 Å². The van der Waals surface area contributed by atoms with Crippen molar-refractivity contribution >= 4 is 29.0 Å². The predicted molar refractivity (Wildman–Crippen MR) is 98.5 cm³/mol. The van der Waals surface area contributed by atoms with Gasteiger partial charge in [-0.3, -0.25) is 4.79 Å². The van der Waals surface area contributed by atoms with Gasteiger partial charge < -0.3 is 10.6 Å². The van der Waals surface area contributed by atoms with Gasteiger partial charge in [-0.15, -0.1) is 0 Å². The van der Waals surface area contributed by atoms with Crippen LogP contribution in [0.2, 0.25) is 5.15 Å². The molecule has 1 amide bonds. The highest BCUT2D eigenvalue weighted by Crippen LogP contribution is 2.44. The molecule has 0 saturated heterocycles. The van der Waals surface area contributed by atoms with E-state index in [0.29, 0.717) is 5.15 Å². The minimum Gasteiger partial charge on any atom is -0.342 e. The molecule has 25 heavy (non-hydrogen) atoms. The number of hydrogen-bond acceptors (Lipinski definition) is 4. The van der Waals surface area contributed by atoms with Crippen LogP contribution in [0.1, 0.15) is 59.3 Å². The Morgan fingerprint density at radius 3 is 2.76 bits per heavy atom. The number of hydrogen-bond donors (Lipinski definition) is 2. The van der Waals surface area contributed by atoms with Crippen LogP contribution >= 0.6 is 11.6 Å². The first-order chi connectivity index (χ1) is 12.0. The molecule has 1 aliphatic carbocycles. The van der Waals surface area contributed by atoms with E-state index in [9.17, 15) is 4.79 Å². The largest absolute Gasteiger partial charge is 0.342 e. The van der Waals surface area contributed by atoms with Crippen LogP contribution in [0.5, 0.6) is 0 Å². The number of nitrogens with one attached hydrogen (secondary N) is 2. The van der Waals surface area contributed by atoms with Gasteiger partial charge in [0.25, 0.3) is 5.91 Å². The van der Waals surface area contributed by atoms with Crippen molar-refractivity contribution in [2.24, 2.45) is 0 Å². The van der Waals surface area contributed by atoms with Crippen LogP contribution in [-0.2, 0) is 5.54 Å². The summed E-state index contributed by atoms with van der Waals surface area (Å²) in [5.74, 6) is 0.750. The van der Waals surface area contributed by atoms with E-state index in [0.717, 1.165) is 59.6 Å². The van der Waals surface area contributed by atoms with E-state index in [1.807, 2.05) is 26.0 Å². The molecular formula is C19H21ClN4O. The molecule has 2 N–H and O–H groups in total. The zero-order valence-electron chi connectivity index (χ0n) is 14.4. The molecule has 2 aliphatic rings. The van der Waals surface area contributed by atoms with E-state index in [1.165, 1.54) is 6.42 Å². The van der Waals surface area contributed by atoms with Crippen molar-refractivity contribution in [1.82, 2.24) is 15.3 Å². The SMILES string of the molecule is Cc1nc(Nc2ccnc(Cl)c2C)cc2c1C(=O)NC21CCCCC1. The Hall–Kier alpha value is -2.14. The fourth-order valence-electron chi connectivity index (χ4n) is 4.08. The number of carbonyl (C=O) groups is 1. The van der Waals surface area contributed by atoms with E-state index in [4.69, 9.17) is 11.6 Å². The van der Waals surface area contributed by atoms with Gasteiger partial charge in [0.2, 0.25) is 0 Å². The Kier molecular flexibility index (Phi) is 3.91. The fraction of sp³-hybridized carbons (Fsp3) is 0.421. The van der Waals surface area contributed by atoms with Crippen LogP contribution in [0.3, 0.4) is 0 Å². The van der Waals surface area contributed by atoms with Crippen molar-refractivity contribution in [2.75, 3.05) is 5.32 Å². The highest BCUT2D eigenvalue weighted by molar-refractivity contribution is 6.30. The minimum atomic E-state index is -0.222. The molecule has 0 radical (unpaired) electrons. The Morgan fingerprint density at radius 2 is 2.00 bits per heavy atom. The molecule has 0 bridgehead atoms. The van der Waals surface area contributed by atoms with Gasteiger partial charge in [-0.25, -0.2) is 9.97 Å². The second-order valence-electron chi connectivity index (χ2n) is 7.01. The second kappa shape index (κ2) is 5.99. The van der Waals surface area contributed by atoms with Crippen LogP contribution in [0.25, 0.3) is 0 Å². The number of aromatic nitrogens is 2. The third-order valence-electron chi connectivity index (χ3n) is 5.41. The van der Waals surface area contributed by atoms with Crippen LogP contribution in [0.4, 0.5) is 11.5 Å². The maximum Gasteiger partial charge on any atom is 0.254 e. The van der Waals surface area contributed by atoms with Gasteiger partial charge in [-0.05, 0) is 44.4 Å². The molecule has 130 valence electrons. The smallest absolute Gasteiger partial charge is 0.254 e. The summed E-state index contributed by atoms with van der Waals surface area (Å²) in [5, 5.41) is 7.07. The number of amides is 1. The van der Waals surface area contributed by atoms with Gasteiger partial charge in [0.1, 0.15) is 11.0 Å². The van der Waals surface area contributed by atoms with Crippen molar-refractivity contribution in [3.63, 3.8) is 0 Å². The van der Waals surface area contributed by atoms with Gasteiger partial charge >= 0.3 is 0 Å². The van der Waals surface area contributed by atoms with Crippen LogP contribution in [0.15, 0.2) is 18.3 Å². The molecule has 1 saturated carbocycles. The lowest BCUT2D eigenvalue weighted by Crippen LogP contribution is -2.40. The number of halogens is 1. The number of fused-ring (bicyclic) bond motifs is 2. The third-order valence-corrected chi connectivity index (χ3v) is 5.79. The summed E-state index contributed by atoms with van der Waals surface area (Å²) in [7, 11) is 0. The minimum absolute atomic E-state index is 0.0107. The lowest BCUT2D eigenvalue weighted by molar-refractivity contribution is 0.0909. The predicted octanol–water partition coefficient (Wildman–Crippen LogP) is 4.39. The normalized spacial score (nSPS) is 18.1. The van der Waals surface area contributed by atoms with Gasteiger partial charge in [0.15, 0.2) is 0 Å². The van der Waals surface area contributed by atoms with Crippen molar-refractivity contribution in [2.45, 2.75) is 51.5 Å². The molecule has 1 spiro atoms. The lowest BCUT2D eigenvalue weighted by atomic mass is 9.77. The molecular weight excluding hydrogens is 336 g/mol. The number of pyridine rings is 2. The molecule has 0 unspecified atom stereocenters. The summed E-state index contributed by atoms with van der Waals surface area (Å²) in [6.45, 7) is 3.82. The summed E-state index contributed by atoms with van der Waals surface area (Å²) in [4.78, 5) is 21.2. The second-order valence-corrected chi connectivity index (χ2v) is 7.37. The first-order valence-corrected chi connectivity index (χ1v) is 9.11. The number of rotatable bonds is 2. The number of aryl methyl sites for hydroxylation is 1. The summed E-state index contributed by atoms with van der Waals surface area (Å²) in [6.07, 6.45) is 7.18. The van der Waals surface area contributed by atoms with Crippen LogP contribution in [0, 0.1) is 13.8 Å². The van der Waals surface area contributed by atoms with E-state index < -0.39 is 0 Å². The number of carbonyl (C=O) groups excluding carboxylic acids is 1. The van der Waals surface area contributed by atoms with Crippen molar-refractivity contribution in [3.8, 4) is 0 Å². The van der Waals surface area contributed by atoms with Gasteiger partial charge in [-0.2, -0.15) is 0 Å². The van der Waals surface area contributed by atoms with Crippen LogP contribution in [-0.4, -0.2) is 15.9 Å². The van der Waals surface area contributed by atoms with E-state index >= 15 is 0 Å². The molecule has 2 aromatic heterocycles. The summed E-state index contributed by atoms with van der Waals surface area (Å²) in [6, 6.07) is 3.91. The van der Waals surface area contributed by atoms with Gasteiger partial charge in [0, 0.05) is 17.4 Å². The summed E-state index contributed by atoms with van der Waals surface area (Å²) >= 11 is 6.11. The average Bonchev–Trinajstić information content (AvgIpc) is 2.85. The van der Waals surface area contributed by atoms with Gasteiger partial charge in [0.05, 0.1) is 16.8 Å². The maximum atomic E-state index is 12.5. The first kappa shape index (κ1) is 16.3. The molecule has 6 heteroatoms. The molecule has 5 nitrogen and oxygen atoms in total. The van der Waals surface area contributed by atoms with Crippen molar-refractivity contribution in [3.05, 3.63) is 45.9 Å². The Bertz CT molecular complexity index is 859. The Labute approximate surface area is 152 Å². The highest BCUT2D eigenvalue weighted by atomic mass is 35.5. The summed E-state index contributed by atoms with van der Waals surface area (Å²) < 4.78 is 0. The van der Waals surface area contributed by atoms with Gasteiger partial charge in [-0.1, -0.05) is 30.9 Å². The standard InChI is InChI=1S/C19H21ClN4O/c1-11-14(6-9-21-17(11)20)23-15-10-13-16(12(2)22-15)18(25)24-19(13)7-4-3-5-8-19/h6,9-10H,3-5,7-8H2,1-2H3,(H,24,25)(H,21,22,23). The van der Waals surface area contributed by atoms with Crippen molar-refractivity contribution < 1.29 is 4.79 Å². The monoisotopic (exact) mass is 356 g/mol. The van der Waals surface area contributed by atoms with E-state index in [2.05, 4.69) is 20.6 Å². The first-order valence-electron chi connectivity index (χ1n) is 8.73. The Balaban J connectivity index is 1.77. The number of anilines is 2. The quantitative estimate of drug-likeness (QED) is 0.783. The molecule has 1 fully saturated rings. The summed E-state index contributed by atoms with van der Waals surface area (Å²) in [5.41, 5.74) is 4.13. The van der Waals surface area contributed by atoms with E-state index in [-0.39, 0.29) is 11.4 Å². The fourth-order valence-corrected chi connectivity index (χ4v) is 4.24. The average molecular weight is 357 g/mol. The van der Waals surface area contributed by atoms with Crippen molar-refractivity contribution in [1.29, 1.82) is 0 Å². The van der Waals surface area contributed by atoms with E-state index in [1.54, 1.807) is 6.20 Å². The molecule has 3 heterocycles. The molecule has 0 atom stereocenters. The zero-order valence-corrected chi connectivity index (χ0v) is 15.2. The molecule has 4 rings (SSSR count). The number of nitrogens with zero attached hydrogens (tertiary/aromatic N) is 2. The molecule has 0 aromatic carbocycles. The Morgan fingerprint density at radius 1 is 1.24 bits per heavy atom. The maximum absolute atomic E-state index is 12.5. The molecule has 1 aliphatic heterocycles. The lowest BCUT2D eigenvalue weighted by Gasteiger charge is -2.34. The highest BCUT2D eigenvalue weighted by Gasteiger charge is 2.44. The van der Waals surface area contributed by atoms with Crippen LogP contribution < -0.4 is 10.6 Å².